The van der Waals surface area contributed by atoms with Crippen LogP contribution in [0.25, 0.3) is 0 Å². The minimum atomic E-state index is -3.73. The van der Waals surface area contributed by atoms with Crippen LogP contribution < -0.4 is 5.73 Å². The standard InChI is InChI=1S/C13H16N2O4S/c14-9-3-4-12-11(8-9)13(16)15(20(12,17)18)6-5-10-2-1-7-19-10/h3-4,8,10H,1-2,5-7,14H2. The lowest BCUT2D eigenvalue weighted by atomic mass is 10.1. The SMILES string of the molecule is Nc1ccc2c(c1)C(=O)N(CCC1CCCO1)S2(=O)=O. The summed E-state index contributed by atoms with van der Waals surface area (Å²) < 4.78 is 31.1. The van der Waals surface area contributed by atoms with Gasteiger partial charge in [0.15, 0.2) is 0 Å². The van der Waals surface area contributed by atoms with Crippen LogP contribution in [0.4, 0.5) is 5.69 Å². The van der Waals surface area contributed by atoms with E-state index in [-0.39, 0.29) is 23.1 Å². The molecule has 2 aliphatic rings. The number of nitrogens with two attached hydrogens (primary N) is 1. The molecule has 0 aromatic heterocycles. The summed E-state index contributed by atoms with van der Waals surface area (Å²) >= 11 is 0. The smallest absolute Gasteiger partial charge is 0.269 e. The fourth-order valence-electron chi connectivity index (χ4n) is 2.66. The lowest BCUT2D eigenvalue weighted by molar-refractivity contribution is 0.0804. The Morgan fingerprint density at radius 1 is 1.40 bits per heavy atom. The molecular weight excluding hydrogens is 280 g/mol. The van der Waals surface area contributed by atoms with Crippen LogP contribution in [-0.2, 0) is 14.8 Å². The maximum absolute atomic E-state index is 12.3. The molecule has 1 aromatic rings. The van der Waals surface area contributed by atoms with Crippen LogP contribution in [0.15, 0.2) is 23.1 Å². The maximum Gasteiger partial charge on any atom is 0.269 e. The maximum atomic E-state index is 12.3. The number of sulfonamides is 1. The number of fused-ring (bicyclic) bond motifs is 1. The van der Waals surface area contributed by atoms with Crippen molar-refractivity contribution >= 4 is 21.6 Å². The van der Waals surface area contributed by atoms with Crippen molar-refractivity contribution in [3.63, 3.8) is 0 Å². The van der Waals surface area contributed by atoms with E-state index in [1.807, 2.05) is 0 Å². The van der Waals surface area contributed by atoms with Crippen molar-refractivity contribution < 1.29 is 17.9 Å². The lowest BCUT2D eigenvalue weighted by Crippen LogP contribution is -2.32. The predicted octanol–water partition coefficient (Wildman–Crippen LogP) is 0.982. The number of carbonyl (C=O) groups is 1. The topological polar surface area (TPSA) is 89.7 Å². The van der Waals surface area contributed by atoms with Crippen LogP contribution in [-0.4, -0.2) is 37.9 Å². The summed E-state index contributed by atoms with van der Waals surface area (Å²) in [6.07, 6.45) is 2.49. The number of amides is 1. The van der Waals surface area contributed by atoms with Crippen molar-refractivity contribution in [1.82, 2.24) is 4.31 Å². The quantitative estimate of drug-likeness (QED) is 0.840. The Morgan fingerprint density at radius 3 is 2.90 bits per heavy atom. The van der Waals surface area contributed by atoms with Crippen LogP contribution in [0.2, 0.25) is 0 Å². The summed E-state index contributed by atoms with van der Waals surface area (Å²) in [4.78, 5) is 12.3. The van der Waals surface area contributed by atoms with Gasteiger partial charge in [0.1, 0.15) is 4.90 Å². The highest BCUT2D eigenvalue weighted by atomic mass is 32.2. The zero-order chi connectivity index (χ0) is 14.3. The summed E-state index contributed by atoms with van der Waals surface area (Å²) in [6.45, 7) is 0.864. The monoisotopic (exact) mass is 296 g/mol. The van der Waals surface area contributed by atoms with E-state index in [2.05, 4.69) is 0 Å². The molecule has 7 heteroatoms. The van der Waals surface area contributed by atoms with Gasteiger partial charge in [-0.15, -0.1) is 0 Å². The van der Waals surface area contributed by atoms with Crippen molar-refractivity contribution in [1.29, 1.82) is 0 Å². The van der Waals surface area contributed by atoms with Gasteiger partial charge < -0.3 is 10.5 Å². The van der Waals surface area contributed by atoms with E-state index in [1.165, 1.54) is 18.2 Å². The normalized spacial score (nSPS) is 24.1. The van der Waals surface area contributed by atoms with Crippen LogP contribution >= 0.6 is 0 Å². The summed E-state index contributed by atoms with van der Waals surface area (Å²) in [5.74, 6) is -0.495. The second-order valence-electron chi connectivity index (χ2n) is 5.06. The Morgan fingerprint density at radius 2 is 2.20 bits per heavy atom. The summed E-state index contributed by atoms with van der Waals surface area (Å²) in [5.41, 5.74) is 6.16. The van der Waals surface area contributed by atoms with E-state index in [9.17, 15) is 13.2 Å². The number of anilines is 1. The minimum absolute atomic E-state index is 0.0454. The van der Waals surface area contributed by atoms with Crippen molar-refractivity contribution in [3.8, 4) is 0 Å². The average Bonchev–Trinajstić information content (AvgIpc) is 2.96. The molecule has 2 aliphatic heterocycles. The van der Waals surface area contributed by atoms with Crippen molar-refractivity contribution in [3.05, 3.63) is 23.8 Å². The van der Waals surface area contributed by atoms with E-state index in [0.717, 1.165) is 17.1 Å². The number of hydrogen-bond acceptors (Lipinski definition) is 5. The number of rotatable bonds is 3. The van der Waals surface area contributed by atoms with Crippen LogP contribution in [0.3, 0.4) is 0 Å². The molecule has 20 heavy (non-hydrogen) atoms. The van der Waals surface area contributed by atoms with Gasteiger partial charge in [-0.3, -0.25) is 4.79 Å². The number of hydrogen-bond donors (Lipinski definition) is 1. The molecular formula is C13H16N2O4S. The molecule has 1 unspecified atom stereocenters. The minimum Gasteiger partial charge on any atom is -0.399 e. The molecule has 0 bridgehead atoms. The van der Waals surface area contributed by atoms with Gasteiger partial charge in [0.05, 0.1) is 11.7 Å². The molecule has 2 heterocycles. The van der Waals surface area contributed by atoms with Crippen LogP contribution in [0.5, 0.6) is 0 Å². The van der Waals surface area contributed by atoms with Gasteiger partial charge in [-0.2, -0.15) is 0 Å². The summed E-state index contributed by atoms with van der Waals surface area (Å²) in [6, 6.07) is 4.30. The molecule has 0 radical (unpaired) electrons. The highest BCUT2D eigenvalue weighted by Gasteiger charge is 2.41. The summed E-state index contributed by atoms with van der Waals surface area (Å²) in [5, 5.41) is 0. The zero-order valence-electron chi connectivity index (χ0n) is 10.9. The van der Waals surface area contributed by atoms with Gasteiger partial charge in [0.2, 0.25) is 0 Å². The molecule has 1 atom stereocenters. The largest absolute Gasteiger partial charge is 0.399 e. The Bertz CT molecular complexity index is 650. The first kappa shape index (κ1) is 13.4. The molecule has 6 nitrogen and oxygen atoms in total. The van der Waals surface area contributed by atoms with E-state index < -0.39 is 15.9 Å². The second-order valence-corrected chi connectivity index (χ2v) is 6.89. The summed E-state index contributed by atoms with van der Waals surface area (Å²) in [7, 11) is -3.73. The first-order valence-corrected chi connectivity index (χ1v) is 8.02. The molecule has 0 aliphatic carbocycles. The van der Waals surface area contributed by atoms with Crippen molar-refractivity contribution in [2.45, 2.75) is 30.3 Å². The zero-order valence-corrected chi connectivity index (χ0v) is 11.7. The van der Waals surface area contributed by atoms with Crippen LogP contribution in [0.1, 0.15) is 29.6 Å². The van der Waals surface area contributed by atoms with E-state index in [4.69, 9.17) is 10.5 Å². The third-order valence-corrected chi connectivity index (χ3v) is 5.55. The first-order chi connectivity index (χ1) is 9.50. The van der Waals surface area contributed by atoms with Gasteiger partial charge >= 0.3 is 0 Å². The molecule has 0 saturated carbocycles. The van der Waals surface area contributed by atoms with Gasteiger partial charge in [-0.1, -0.05) is 0 Å². The van der Waals surface area contributed by atoms with Gasteiger partial charge in [0.25, 0.3) is 15.9 Å². The Labute approximate surface area is 117 Å². The number of nitrogen functional groups attached to an aromatic ring is 1. The Kier molecular flexibility index (Phi) is 3.18. The number of carbonyl (C=O) groups excluding carboxylic acids is 1. The first-order valence-electron chi connectivity index (χ1n) is 6.58. The molecule has 2 N–H and O–H groups in total. The molecule has 1 aromatic carbocycles. The van der Waals surface area contributed by atoms with Crippen molar-refractivity contribution in [2.24, 2.45) is 0 Å². The molecule has 1 saturated heterocycles. The fraction of sp³-hybridized carbons (Fsp3) is 0.462. The lowest BCUT2D eigenvalue weighted by Gasteiger charge is -2.17. The second kappa shape index (κ2) is 4.75. The molecule has 0 spiro atoms. The van der Waals surface area contributed by atoms with Gasteiger partial charge in [0, 0.05) is 18.8 Å². The van der Waals surface area contributed by atoms with Gasteiger partial charge in [-0.05, 0) is 37.5 Å². The third-order valence-electron chi connectivity index (χ3n) is 3.71. The molecule has 1 fully saturated rings. The van der Waals surface area contributed by atoms with Gasteiger partial charge in [-0.25, -0.2) is 12.7 Å². The molecule has 1 amide bonds. The number of nitrogens with zero attached hydrogens (tertiary/aromatic N) is 1. The van der Waals surface area contributed by atoms with E-state index in [1.54, 1.807) is 0 Å². The highest BCUT2D eigenvalue weighted by Crippen LogP contribution is 2.32. The predicted molar refractivity (Wildman–Crippen MR) is 72.7 cm³/mol. The molecule has 108 valence electrons. The Hall–Kier alpha value is -1.60. The fourth-order valence-corrected chi connectivity index (χ4v) is 4.22. The van der Waals surface area contributed by atoms with Crippen LogP contribution in [0, 0.1) is 0 Å². The number of benzene rings is 1. The van der Waals surface area contributed by atoms with E-state index >= 15 is 0 Å². The van der Waals surface area contributed by atoms with Crippen molar-refractivity contribution in [2.75, 3.05) is 18.9 Å². The molecule has 3 rings (SSSR count). The number of ether oxygens (including phenoxy) is 1. The van der Waals surface area contributed by atoms with E-state index in [0.29, 0.717) is 18.7 Å². The highest BCUT2D eigenvalue weighted by molar-refractivity contribution is 7.90. The third kappa shape index (κ3) is 2.06. The Balaban J connectivity index is 1.84. The average molecular weight is 296 g/mol.